The first kappa shape index (κ1) is 16.3. The van der Waals surface area contributed by atoms with Crippen LogP contribution in [0.5, 0.6) is 5.75 Å². The van der Waals surface area contributed by atoms with E-state index < -0.39 is 22.8 Å². The van der Waals surface area contributed by atoms with Gasteiger partial charge in [0.1, 0.15) is 18.4 Å². The predicted octanol–water partition coefficient (Wildman–Crippen LogP) is 3.53. The van der Waals surface area contributed by atoms with Gasteiger partial charge < -0.3 is 8.75 Å². The fourth-order valence-electron chi connectivity index (χ4n) is 1.79. The summed E-state index contributed by atoms with van der Waals surface area (Å²) in [5.41, 5.74) is -0.771. The molecule has 0 aliphatic heterocycles. The molecule has 108 valence electrons. The predicted molar refractivity (Wildman–Crippen MR) is 78.7 cm³/mol. The molecule has 0 saturated heterocycles. The van der Waals surface area contributed by atoms with E-state index in [0.29, 0.717) is 0 Å². The van der Waals surface area contributed by atoms with Gasteiger partial charge in [-0.25, -0.2) is 0 Å². The van der Waals surface area contributed by atoms with Crippen LogP contribution in [0.3, 0.4) is 0 Å². The van der Waals surface area contributed by atoms with Crippen molar-refractivity contribution in [2.24, 2.45) is 0 Å². The first-order chi connectivity index (χ1) is 8.67. The van der Waals surface area contributed by atoms with Crippen LogP contribution >= 0.6 is 7.14 Å². The molecule has 1 rings (SSSR count). The van der Waals surface area contributed by atoms with Gasteiger partial charge in [-0.15, -0.1) is 0 Å². The molecule has 0 heterocycles. The van der Waals surface area contributed by atoms with Gasteiger partial charge in [0.25, 0.3) is 0 Å². The number of hydrogen-bond acceptors (Lipinski definition) is 4. The zero-order valence-electron chi connectivity index (χ0n) is 11.7. The van der Waals surface area contributed by atoms with E-state index in [1.807, 2.05) is 0 Å². The van der Waals surface area contributed by atoms with Crippen molar-refractivity contribution in [3.05, 3.63) is 30.3 Å². The molecule has 0 N–H and O–H groups in total. The van der Waals surface area contributed by atoms with Gasteiger partial charge in [-0.3, -0.25) is 0 Å². The fraction of sp³-hybridized carbons (Fsp3) is 0.538. The summed E-state index contributed by atoms with van der Waals surface area (Å²) in [5, 5.41) is 0. The van der Waals surface area contributed by atoms with E-state index in [1.54, 1.807) is 58.0 Å². The molecule has 19 heavy (non-hydrogen) atoms. The number of rotatable bonds is 6. The third kappa shape index (κ3) is 4.36. The minimum atomic E-state index is -3.85. The Kier molecular flexibility index (Phi) is 5.22. The SMILES string of the molecule is CC(C)P(=O)(CS(=O)(=O)Oc1ccccc1)C(C)C. The van der Waals surface area contributed by atoms with Gasteiger partial charge in [-0.2, -0.15) is 8.42 Å². The Bertz CT molecular complexity index is 537. The topological polar surface area (TPSA) is 60.4 Å². The van der Waals surface area contributed by atoms with Crippen LogP contribution in [-0.2, 0) is 14.7 Å². The van der Waals surface area contributed by atoms with Crippen molar-refractivity contribution >= 4 is 17.3 Å². The second-order valence-corrected chi connectivity index (χ2v) is 11.2. The lowest BCUT2D eigenvalue weighted by Crippen LogP contribution is -2.21. The molecule has 0 radical (unpaired) electrons. The summed E-state index contributed by atoms with van der Waals surface area (Å²) < 4.78 is 41.8. The molecule has 0 amide bonds. The minimum absolute atomic E-state index is 0.179. The maximum atomic E-state index is 12.8. The summed E-state index contributed by atoms with van der Waals surface area (Å²) >= 11 is 0. The Morgan fingerprint density at radius 2 is 1.53 bits per heavy atom. The molecule has 0 aromatic heterocycles. The van der Waals surface area contributed by atoms with Gasteiger partial charge in [0.05, 0.1) is 0 Å². The van der Waals surface area contributed by atoms with Gasteiger partial charge in [-0.1, -0.05) is 45.9 Å². The summed E-state index contributed by atoms with van der Waals surface area (Å²) in [5.74, 6) is 0.251. The Morgan fingerprint density at radius 1 is 1.05 bits per heavy atom. The quantitative estimate of drug-likeness (QED) is 0.596. The zero-order valence-corrected chi connectivity index (χ0v) is 13.4. The fourth-order valence-corrected chi connectivity index (χ4v) is 7.96. The molecule has 0 spiro atoms. The van der Waals surface area contributed by atoms with Crippen molar-refractivity contribution in [1.82, 2.24) is 0 Å². The number of para-hydroxylation sites is 1. The third-order valence-corrected chi connectivity index (χ3v) is 9.90. The second-order valence-electron chi connectivity index (χ2n) is 5.12. The van der Waals surface area contributed by atoms with Crippen LogP contribution in [0.15, 0.2) is 30.3 Å². The van der Waals surface area contributed by atoms with Crippen molar-refractivity contribution in [2.75, 3.05) is 5.49 Å². The number of benzene rings is 1. The molecule has 0 unspecified atom stereocenters. The monoisotopic (exact) mass is 304 g/mol. The Balaban J connectivity index is 2.94. The molecule has 0 aliphatic rings. The van der Waals surface area contributed by atoms with Gasteiger partial charge in [0.2, 0.25) is 0 Å². The molecule has 6 heteroatoms. The maximum Gasteiger partial charge on any atom is 0.316 e. The lowest BCUT2D eigenvalue weighted by molar-refractivity contribution is 0.489. The van der Waals surface area contributed by atoms with Crippen LogP contribution in [0, 0.1) is 0 Å². The summed E-state index contributed by atoms with van der Waals surface area (Å²) in [4.78, 5) is 0. The number of hydrogen-bond donors (Lipinski definition) is 0. The van der Waals surface area contributed by atoms with Crippen LogP contribution < -0.4 is 4.18 Å². The Hall–Kier alpha value is -0.800. The molecule has 0 atom stereocenters. The van der Waals surface area contributed by atoms with E-state index in [2.05, 4.69) is 0 Å². The molecule has 1 aromatic rings. The average molecular weight is 304 g/mol. The van der Waals surface area contributed by atoms with Crippen molar-refractivity contribution in [1.29, 1.82) is 0 Å². The van der Waals surface area contributed by atoms with E-state index in [9.17, 15) is 13.0 Å². The summed E-state index contributed by atoms with van der Waals surface area (Å²) in [7, 11) is -6.68. The van der Waals surface area contributed by atoms with E-state index in [0.717, 1.165) is 0 Å². The van der Waals surface area contributed by atoms with Crippen molar-refractivity contribution in [3.8, 4) is 5.75 Å². The normalized spacial score (nSPS) is 12.9. The Labute approximate surface area is 115 Å². The van der Waals surface area contributed by atoms with Crippen LogP contribution in [0.1, 0.15) is 27.7 Å². The van der Waals surface area contributed by atoms with Crippen LogP contribution in [0.2, 0.25) is 0 Å². The van der Waals surface area contributed by atoms with E-state index in [-0.39, 0.29) is 17.1 Å². The summed E-state index contributed by atoms with van der Waals surface area (Å²) in [6.07, 6.45) is 0. The summed E-state index contributed by atoms with van der Waals surface area (Å²) in [6.45, 7) is 7.16. The molecule has 4 nitrogen and oxygen atoms in total. The largest absolute Gasteiger partial charge is 0.382 e. The first-order valence-electron chi connectivity index (χ1n) is 6.23. The molecule has 0 saturated carbocycles. The highest BCUT2D eigenvalue weighted by Crippen LogP contribution is 2.55. The Morgan fingerprint density at radius 3 is 1.95 bits per heavy atom. The van der Waals surface area contributed by atoms with Crippen LogP contribution in [-0.4, -0.2) is 25.2 Å². The van der Waals surface area contributed by atoms with Crippen molar-refractivity contribution < 1.29 is 17.2 Å². The van der Waals surface area contributed by atoms with Crippen LogP contribution in [0.4, 0.5) is 0 Å². The molecule has 0 bridgehead atoms. The molecule has 0 fully saturated rings. The maximum absolute atomic E-state index is 12.8. The van der Waals surface area contributed by atoms with Crippen LogP contribution in [0.25, 0.3) is 0 Å². The lowest BCUT2D eigenvalue weighted by atomic mass is 10.3. The zero-order chi connectivity index (χ0) is 14.7. The second kappa shape index (κ2) is 6.10. The lowest BCUT2D eigenvalue weighted by Gasteiger charge is -2.25. The smallest absolute Gasteiger partial charge is 0.316 e. The highest BCUT2D eigenvalue weighted by atomic mass is 32.2. The van der Waals surface area contributed by atoms with E-state index in [1.165, 1.54) is 0 Å². The van der Waals surface area contributed by atoms with Crippen molar-refractivity contribution in [2.45, 2.75) is 39.0 Å². The van der Waals surface area contributed by atoms with Gasteiger partial charge >= 0.3 is 10.1 Å². The molecule has 1 aromatic carbocycles. The van der Waals surface area contributed by atoms with Gasteiger partial charge in [0, 0.05) is 11.3 Å². The van der Waals surface area contributed by atoms with Gasteiger partial charge in [0.15, 0.2) is 0 Å². The van der Waals surface area contributed by atoms with Crippen molar-refractivity contribution in [3.63, 3.8) is 0 Å². The molecule has 0 aliphatic carbocycles. The standard InChI is InChI=1S/C13H21O4PS/c1-11(2)18(14,12(3)4)10-19(15,16)17-13-8-6-5-7-9-13/h5-9,11-12H,10H2,1-4H3. The molecular formula is C13H21O4PS. The van der Waals surface area contributed by atoms with E-state index >= 15 is 0 Å². The highest BCUT2D eigenvalue weighted by molar-refractivity contribution is 7.96. The minimum Gasteiger partial charge on any atom is -0.382 e. The average Bonchev–Trinajstić information content (AvgIpc) is 2.28. The third-order valence-electron chi connectivity index (χ3n) is 3.07. The van der Waals surface area contributed by atoms with E-state index in [4.69, 9.17) is 4.18 Å². The molecular weight excluding hydrogens is 283 g/mol. The first-order valence-corrected chi connectivity index (χ1v) is 9.84. The highest BCUT2D eigenvalue weighted by Gasteiger charge is 2.36. The summed E-state index contributed by atoms with van der Waals surface area (Å²) in [6, 6.07) is 8.28. The van der Waals surface area contributed by atoms with Gasteiger partial charge in [-0.05, 0) is 12.1 Å².